The zero-order chi connectivity index (χ0) is 19.7. The van der Waals surface area contributed by atoms with E-state index in [0.717, 1.165) is 52.2 Å². The van der Waals surface area contributed by atoms with E-state index in [0.29, 0.717) is 12.1 Å². The molecule has 0 radical (unpaired) electrons. The van der Waals surface area contributed by atoms with Crippen molar-refractivity contribution in [3.05, 3.63) is 0 Å². The molecule has 0 saturated carbocycles. The number of hydrogen-bond acceptors (Lipinski definition) is 6. The molecule has 6 heteroatoms. The van der Waals surface area contributed by atoms with E-state index in [4.69, 9.17) is 14.6 Å². The molecule has 0 aromatic heterocycles. The van der Waals surface area contributed by atoms with Gasteiger partial charge in [-0.05, 0) is 47.5 Å². The Morgan fingerprint density at radius 2 is 1.20 bits per heavy atom. The Morgan fingerprint density at radius 3 is 1.52 bits per heavy atom. The van der Waals surface area contributed by atoms with Gasteiger partial charge in [0.05, 0.1) is 12.7 Å². The van der Waals surface area contributed by atoms with Crippen LogP contribution in [0.4, 0.5) is 0 Å². The molecule has 6 nitrogen and oxygen atoms in total. The Hall–Kier alpha value is -0.240. The highest BCUT2D eigenvalue weighted by atomic mass is 16.5. The maximum Gasteiger partial charge on any atom is 0.0639 e. The molecule has 0 rings (SSSR count). The van der Waals surface area contributed by atoms with E-state index in [1.807, 2.05) is 6.92 Å². The summed E-state index contributed by atoms with van der Waals surface area (Å²) in [4.78, 5) is 4.52. The van der Waals surface area contributed by atoms with Crippen molar-refractivity contribution in [2.75, 3.05) is 60.2 Å². The van der Waals surface area contributed by atoms with Crippen LogP contribution in [0.25, 0.3) is 0 Å². The summed E-state index contributed by atoms with van der Waals surface area (Å²) >= 11 is 0. The lowest BCUT2D eigenvalue weighted by Crippen LogP contribution is -2.37. The van der Waals surface area contributed by atoms with Gasteiger partial charge in [-0.3, -0.25) is 9.80 Å². The van der Waals surface area contributed by atoms with Crippen LogP contribution >= 0.6 is 0 Å². The highest BCUT2D eigenvalue weighted by molar-refractivity contribution is 4.65. The van der Waals surface area contributed by atoms with Crippen molar-refractivity contribution in [2.24, 2.45) is 0 Å². The number of hydrogen-bond donors (Lipinski definition) is 2. The van der Waals surface area contributed by atoms with Crippen LogP contribution in [-0.4, -0.2) is 98.4 Å². The van der Waals surface area contributed by atoms with E-state index in [9.17, 15) is 5.11 Å². The maximum absolute atomic E-state index is 9.26. The first-order valence-corrected chi connectivity index (χ1v) is 9.54. The van der Waals surface area contributed by atoms with Gasteiger partial charge in [0.15, 0.2) is 0 Å². The van der Waals surface area contributed by atoms with E-state index in [2.05, 4.69) is 37.5 Å². The molecule has 0 aromatic rings. The van der Waals surface area contributed by atoms with Crippen molar-refractivity contribution in [1.82, 2.24) is 9.80 Å². The summed E-state index contributed by atoms with van der Waals surface area (Å²) in [6.07, 6.45) is 1.82. The first-order chi connectivity index (χ1) is 11.8. The standard InChI is InChI=1S/C10H23NO2.C9H21NO2/c1-9(2)11(8-10(3)12)6-5-7-13-4;1-9(2)10(6-7-11)5-4-8-12-3/h9-10,12H,5-8H2,1-4H3;9,11H,4-8H2,1-3H3. The van der Waals surface area contributed by atoms with Crippen LogP contribution in [0.2, 0.25) is 0 Å². The summed E-state index contributed by atoms with van der Waals surface area (Å²) in [5.74, 6) is 0. The molecule has 0 fully saturated rings. The normalized spacial score (nSPS) is 12.8. The Morgan fingerprint density at radius 1 is 0.760 bits per heavy atom. The minimum Gasteiger partial charge on any atom is -0.395 e. The highest BCUT2D eigenvalue weighted by Gasteiger charge is 2.11. The second-order valence-corrected chi connectivity index (χ2v) is 6.98. The van der Waals surface area contributed by atoms with Gasteiger partial charge >= 0.3 is 0 Å². The van der Waals surface area contributed by atoms with Crippen molar-refractivity contribution < 1.29 is 19.7 Å². The molecule has 1 unspecified atom stereocenters. The SMILES string of the molecule is COCCCN(CC(C)O)C(C)C.COCCCN(CCO)C(C)C. The van der Waals surface area contributed by atoms with Crippen LogP contribution in [0.1, 0.15) is 47.5 Å². The number of aliphatic hydroxyl groups excluding tert-OH is 2. The highest BCUT2D eigenvalue weighted by Crippen LogP contribution is 2.01. The third-order valence-electron chi connectivity index (χ3n) is 3.93. The number of methoxy groups -OCH3 is 2. The zero-order valence-corrected chi connectivity index (χ0v) is 17.7. The minimum atomic E-state index is -0.245. The summed E-state index contributed by atoms with van der Waals surface area (Å²) in [6, 6.07) is 1.00. The van der Waals surface area contributed by atoms with Crippen LogP contribution in [-0.2, 0) is 9.47 Å². The van der Waals surface area contributed by atoms with E-state index in [1.54, 1.807) is 14.2 Å². The van der Waals surface area contributed by atoms with E-state index in [1.165, 1.54) is 0 Å². The van der Waals surface area contributed by atoms with E-state index in [-0.39, 0.29) is 12.7 Å². The fourth-order valence-electron chi connectivity index (χ4n) is 2.48. The van der Waals surface area contributed by atoms with Crippen LogP contribution in [0.15, 0.2) is 0 Å². The molecule has 0 aliphatic rings. The largest absolute Gasteiger partial charge is 0.395 e. The lowest BCUT2D eigenvalue weighted by atomic mass is 10.2. The molecule has 0 heterocycles. The summed E-state index contributed by atoms with van der Waals surface area (Å²) < 4.78 is 9.95. The van der Waals surface area contributed by atoms with Gasteiger partial charge in [0.25, 0.3) is 0 Å². The van der Waals surface area contributed by atoms with Gasteiger partial charge in [-0.25, -0.2) is 0 Å². The Balaban J connectivity index is 0. The molecular weight excluding hydrogens is 320 g/mol. The quantitative estimate of drug-likeness (QED) is 0.459. The van der Waals surface area contributed by atoms with Gasteiger partial charge in [-0.2, -0.15) is 0 Å². The first-order valence-electron chi connectivity index (χ1n) is 9.54. The summed E-state index contributed by atoms with van der Waals surface area (Å²) in [7, 11) is 3.43. The molecule has 0 amide bonds. The van der Waals surface area contributed by atoms with Gasteiger partial charge in [0, 0.05) is 65.7 Å². The van der Waals surface area contributed by atoms with Crippen molar-refractivity contribution in [2.45, 2.75) is 65.6 Å². The van der Waals surface area contributed by atoms with Crippen LogP contribution < -0.4 is 0 Å². The molecule has 0 aliphatic heterocycles. The van der Waals surface area contributed by atoms with E-state index < -0.39 is 0 Å². The lowest BCUT2D eigenvalue weighted by Gasteiger charge is -2.27. The Bertz CT molecular complexity index is 264. The zero-order valence-electron chi connectivity index (χ0n) is 17.7. The number of nitrogens with zero attached hydrogens (tertiary/aromatic N) is 2. The lowest BCUT2D eigenvalue weighted by molar-refractivity contribution is 0.0968. The summed E-state index contributed by atoms with van der Waals surface area (Å²) in [5.41, 5.74) is 0. The van der Waals surface area contributed by atoms with Gasteiger partial charge in [0.2, 0.25) is 0 Å². The maximum atomic E-state index is 9.26. The molecule has 25 heavy (non-hydrogen) atoms. The van der Waals surface area contributed by atoms with Crippen molar-refractivity contribution in [3.8, 4) is 0 Å². The van der Waals surface area contributed by atoms with Crippen molar-refractivity contribution in [1.29, 1.82) is 0 Å². The molecule has 0 bridgehead atoms. The third-order valence-corrected chi connectivity index (χ3v) is 3.93. The van der Waals surface area contributed by atoms with Gasteiger partial charge < -0.3 is 19.7 Å². The molecule has 0 aliphatic carbocycles. The minimum absolute atomic E-state index is 0.241. The fraction of sp³-hybridized carbons (Fsp3) is 1.00. The average Bonchev–Trinajstić information content (AvgIpc) is 2.53. The molecule has 0 saturated heterocycles. The number of rotatable bonds is 14. The van der Waals surface area contributed by atoms with Crippen molar-refractivity contribution in [3.63, 3.8) is 0 Å². The third kappa shape index (κ3) is 18.4. The average molecular weight is 365 g/mol. The smallest absolute Gasteiger partial charge is 0.0639 e. The van der Waals surface area contributed by atoms with Gasteiger partial charge in [-0.15, -0.1) is 0 Å². The van der Waals surface area contributed by atoms with Crippen LogP contribution in [0.3, 0.4) is 0 Å². The molecule has 2 N–H and O–H groups in total. The second kappa shape index (κ2) is 18.5. The molecule has 0 aromatic carbocycles. The topological polar surface area (TPSA) is 65.4 Å². The van der Waals surface area contributed by atoms with Crippen LogP contribution in [0, 0.1) is 0 Å². The number of ether oxygens (including phenoxy) is 2. The Kier molecular flexibility index (Phi) is 20.0. The van der Waals surface area contributed by atoms with Gasteiger partial charge in [-0.1, -0.05) is 0 Å². The van der Waals surface area contributed by atoms with Gasteiger partial charge in [0.1, 0.15) is 0 Å². The monoisotopic (exact) mass is 364 g/mol. The fourth-order valence-corrected chi connectivity index (χ4v) is 2.48. The Labute approximate surface area is 156 Å². The molecular formula is C19H44N2O4. The van der Waals surface area contributed by atoms with E-state index >= 15 is 0 Å². The number of aliphatic hydroxyl groups is 2. The molecule has 1 atom stereocenters. The van der Waals surface area contributed by atoms with Crippen molar-refractivity contribution >= 4 is 0 Å². The predicted octanol–water partition coefficient (Wildman–Crippen LogP) is 1.84. The molecule has 0 spiro atoms. The first kappa shape index (κ1) is 27.0. The summed E-state index contributed by atoms with van der Waals surface area (Å²) in [6.45, 7) is 15.8. The predicted molar refractivity (Wildman–Crippen MR) is 105 cm³/mol. The van der Waals surface area contributed by atoms with Crippen LogP contribution in [0.5, 0.6) is 0 Å². The summed E-state index contributed by atoms with van der Waals surface area (Å²) in [5, 5.41) is 18.0. The molecule has 154 valence electrons. The second-order valence-electron chi connectivity index (χ2n) is 6.98.